The van der Waals surface area contributed by atoms with E-state index in [1.165, 1.54) is 5.56 Å². The maximum Gasteiger partial charge on any atom is 0.234 e. The average molecular weight is 266 g/mol. The molecule has 1 aromatic carbocycles. The molecule has 0 saturated heterocycles. The molecule has 0 saturated carbocycles. The quantitative estimate of drug-likeness (QED) is 0.832. The van der Waals surface area contributed by atoms with Crippen molar-refractivity contribution in [3.63, 3.8) is 0 Å². The van der Waals surface area contributed by atoms with Crippen molar-refractivity contribution in [2.24, 2.45) is 5.73 Å². The summed E-state index contributed by atoms with van der Waals surface area (Å²) in [5.41, 5.74) is 9.02. The fraction of sp³-hybridized carbons (Fsp3) is 0.500. The molecule has 3 N–H and O–H groups in total. The number of carbonyl (C=O) groups is 1. The number of thioether (sulfide) groups is 1. The molecule has 0 radical (unpaired) electrons. The summed E-state index contributed by atoms with van der Waals surface area (Å²) >= 11 is 1.59. The van der Waals surface area contributed by atoms with Crippen molar-refractivity contribution in [1.29, 1.82) is 0 Å². The van der Waals surface area contributed by atoms with Gasteiger partial charge < -0.3 is 11.1 Å². The highest BCUT2D eigenvalue weighted by atomic mass is 32.2. The first kappa shape index (κ1) is 15.1. The fourth-order valence-electron chi connectivity index (χ4n) is 1.49. The van der Waals surface area contributed by atoms with Crippen molar-refractivity contribution >= 4 is 23.4 Å². The van der Waals surface area contributed by atoms with E-state index in [2.05, 4.69) is 12.2 Å². The van der Waals surface area contributed by atoms with Gasteiger partial charge in [-0.25, -0.2) is 0 Å². The predicted molar refractivity (Wildman–Crippen MR) is 80.1 cm³/mol. The highest BCUT2D eigenvalue weighted by Gasteiger charge is 2.07. The van der Waals surface area contributed by atoms with Crippen molar-refractivity contribution < 1.29 is 4.79 Å². The van der Waals surface area contributed by atoms with Crippen molar-refractivity contribution in [3.8, 4) is 0 Å². The van der Waals surface area contributed by atoms with Crippen LogP contribution in [0.5, 0.6) is 0 Å². The van der Waals surface area contributed by atoms with Crippen molar-refractivity contribution in [2.75, 3.05) is 16.8 Å². The third kappa shape index (κ3) is 4.70. The first-order valence-corrected chi connectivity index (χ1v) is 7.39. The van der Waals surface area contributed by atoms with Crippen LogP contribution in [0.25, 0.3) is 0 Å². The van der Waals surface area contributed by atoms with Crippen molar-refractivity contribution in [3.05, 3.63) is 29.3 Å². The summed E-state index contributed by atoms with van der Waals surface area (Å²) in [6.45, 7) is 6.12. The lowest BCUT2D eigenvalue weighted by Gasteiger charge is -2.11. The van der Waals surface area contributed by atoms with E-state index >= 15 is 0 Å². The molecular formula is C14H22N2OS. The van der Waals surface area contributed by atoms with Crippen LogP contribution < -0.4 is 11.1 Å². The minimum absolute atomic E-state index is 0.0389. The normalized spacial score (nSPS) is 12.2. The van der Waals surface area contributed by atoms with Gasteiger partial charge in [0.05, 0.1) is 5.75 Å². The van der Waals surface area contributed by atoms with Gasteiger partial charge in [0.15, 0.2) is 0 Å². The third-order valence-corrected chi connectivity index (χ3v) is 4.10. The Labute approximate surface area is 114 Å². The molecule has 0 spiro atoms. The molecule has 1 amide bonds. The number of carbonyl (C=O) groups excluding carboxylic acids is 1. The van der Waals surface area contributed by atoms with E-state index in [1.807, 2.05) is 32.0 Å². The summed E-state index contributed by atoms with van der Waals surface area (Å²) in [7, 11) is 0. The van der Waals surface area contributed by atoms with Gasteiger partial charge in [0.2, 0.25) is 5.91 Å². The zero-order chi connectivity index (χ0) is 13.5. The summed E-state index contributed by atoms with van der Waals surface area (Å²) < 4.78 is 0. The average Bonchev–Trinajstić information content (AvgIpc) is 2.34. The zero-order valence-electron chi connectivity index (χ0n) is 11.3. The lowest BCUT2D eigenvalue weighted by atomic mass is 10.1. The maximum absolute atomic E-state index is 11.8. The summed E-state index contributed by atoms with van der Waals surface area (Å²) in [4.78, 5) is 11.8. The zero-order valence-corrected chi connectivity index (χ0v) is 12.1. The first-order valence-electron chi connectivity index (χ1n) is 6.24. The summed E-state index contributed by atoms with van der Waals surface area (Å²) in [5.74, 6) is 1.33. The molecule has 1 rings (SSSR count). The van der Waals surface area contributed by atoms with Gasteiger partial charge in [-0.2, -0.15) is 11.8 Å². The van der Waals surface area contributed by atoms with Crippen LogP contribution in [-0.2, 0) is 4.79 Å². The third-order valence-electron chi connectivity index (χ3n) is 2.97. The minimum atomic E-state index is 0.0389. The molecule has 100 valence electrons. The van der Waals surface area contributed by atoms with E-state index in [4.69, 9.17) is 5.73 Å². The molecule has 0 aliphatic heterocycles. The van der Waals surface area contributed by atoms with Gasteiger partial charge in [-0.05, 0) is 37.5 Å². The Hall–Kier alpha value is -1.00. The molecule has 0 heterocycles. The highest BCUT2D eigenvalue weighted by Crippen LogP contribution is 2.18. The standard InChI is InChI=1S/C14H22N2OS/c1-4-12(15)8-18-9-14(17)16-13-7-5-6-10(2)11(13)3/h5-7,12H,4,8-9,15H2,1-3H3,(H,16,17). The Morgan fingerprint density at radius 1 is 1.44 bits per heavy atom. The minimum Gasteiger partial charge on any atom is -0.327 e. The second kappa shape index (κ2) is 7.44. The van der Waals surface area contributed by atoms with Gasteiger partial charge in [0, 0.05) is 17.5 Å². The molecule has 0 aromatic heterocycles. The van der Waals surface area contributed by atoms with Crippen LogP contribution in [0, 0.1) is 13.8 Å². The number of amides is 1. The van der Waals surface area contributed by atoms with E-state index in [0.29, 0.717) is 5.75 Å². The Morgan fingerprint density at radius 3 is 2.83 bits per heavy atom. The Morgan fingerprint density at radius 2 is 2.17 bits per heavy atom. The van der Waals surface area contributed by atoms with Gasteiger partial charge in [0.25, 0.3) is 0 Å². The smallest absolute Gasteiger partial charge is 0.234 e. The number of benzene rings is 1. The number of aryl methyl sites for hydroxylation is 1. The molecule has 0 aliphatic rings. The maximum atomic E-state index is 11.8. The molecule has 1 aromatic rings. The monoisotopic (exact) mass is 266 g/mol. The predicted octanol–water partition coefficient (Wildman–Crippen LogP) is 2.71. The summed E-state index contributed by atoms with van der Waals surface area (Å²) in [6.07, 6.45) is 0.950. The molecule has 0 aliphatic carbocycles. The Bertz CT molecular complexity index is 407. The van der Waals surface area contributed by atoms with Crippen LogP contribution in [0.3, 0.4) is 0 Å². The van der Waals surface area contributed by atoms with E-state index in [0.717, 1.165) is 23.4 Å². The van der Waals surface area contributed by atoms with Gasteiger partial charge in [0.1, 0.15) is 0 Å². The van der Waals surface area contributed by atoms with E-state index in [-0.39, 0.29) is 11.9 Å². The largest absolute Gasteiger partial charge is 0.327 e. The first-order chi connectivity index (χ1) is 8.54. The molecule has 18 heavy (non-hydrogen) atoms. The lowest BCUT2D eigenvalue weighted by Crippen LogP contribution is -2.23. The van der Waals surface area contributed by atoms with Crippen LogP contribution >= 0.6 is 11.8 Å². The van der Waals surface area contributed by atoms with E-state index < -0.39 is 0 Å². The van der Waals surface area contributed by atoms with Gasteiger partial charge in [-0.15, -0.1) is 0 Å². The molecule has 4 heteroatoms. The second-order valence-electron chi connectivity index (χ2n) is 4.48. The van der Waals surface area contributed by atoms with E-state index in [9.17, 15) is 4.79 Å². The molecule has 3 nitrogen and oxygen atoms in total. The fourth-order valence-corrected chi connectivity index (χ4v) is 2.41. The summed E-state index contributed by atoms with van der Waals surface area (Å²) in [6, 6.07) is 6.12. The van der Waals surface area contributed by atoms with Crippen LogP contribution in [0.1, 0.15) is 24.5 Å². The molecule has 0 bridgehead atoms. The second-order valence-corrected chi connectivity index (χ2v) is 5.51. The Balaban J connectivity index is 2.43. The highest BCUT2D eigenvalue weighted by molar-refractivity contribution is 8.00. The van der Waals surface area contributed by atoms with Crippen LogP contribution in [0.15, 0.2) is 18.2 Å². The van der Waals surface area contributed by atoms with Crippen molar-refractivity contribution in [2.45, 2.75) is 33.2 Å². The van der Waals surface area contributed by atoms with Crippen LogP contribution in [-0.4, -0.2) is 23.5 Å². The Kier molecular flexibility index (Phi) is 6.22. The summed E-state index contributed by atoms with van der Waals surface area (Å²) in [5, 5.41) is 2.94. The number of hydrogen-bond donors (Lipinski definition) is 2. The number of anilines is 1. The lowest BCUT2D eigenvalue weighted by molar-refractivity contribution is -0.113. The van der Waals surface area contributed by atoms with Crippen LogP contribution in [0.2, 0.25) is 0 Å². The molecule has 0 fully saturated rings. The van der Waals surface area contributed by atoms with Gasteiger partial charge in [-0.1, -0.05) is 19.1 Å². The van der Waals surface area contributed by atoms with Crippen molar-refractivity contribution in [1.82, 2.24) is 0 Å². The number of hydrogen-bond acceptors (Lipinski definition) is 3. The number of nitrogens with two attached hydrogens (primary N) is 1. The van der Waals surface area contributed by atoms with Gasteiger partial charge >= 0.3 is 0 Å². The SMILES string of the molecule is CCC(N)CSCC(=O)Nc1cccc(C)c1C. The van der Waals surface area contributed by atoms with E-state index in [1.54, 1.807) is 11.8 Å². The molecule has 1 atom stereocenters. The topological polar surface area (TPSA) is 55.1 Å². The number of nitrogens with one attached hydrogen (secondary N) is 1. The molecular weight excluding hydrogens is 244 g/mol. The van der Waals surface area contributed by atoms with Crippen LogP contribution in [0.4, 0.5) is 5.69 Å². The molecule has 1 unspecified atom stereocenters. The number of rotatable bonds is 6. The van der Waals surface area contributed by atoms with Gasteiger partial charge in [-0.3, -0.25) is 4.79 Å².